The first-order valence-electron chi connectivity index (χ1n) is 8.27. The molecule has 1 aromatic heterocycles. The van der Waals surface area contributed by atoms with Gasteiger partial charge in [-0.25, -0.2) is 8.42 Å². The van der Waals surface area contributed by atoms with Gasteiger partial charge in [-0.3, -0.25) is 4.79 Å². The molecular formula is C19H20N2O3S2. The smallest absolute Gasteiger partial charge is 0.263 e. The second-order valence-electron chi connectivity index (χ2n) is 6.18. The number of hydrogen-bond donors (Lipinski definition) is 0. The van der Waals surface area contributed by atoms with Gasteiger partial charge in [0, 0.05) is 6.54 Å². The van der Waals surface area contributed by atoms with Crippen LogP contribution in [-0.2, 0) is 21.2 Å². The molecule has 2 aromatic carbocycles. The Morgan fingerprint density at radius 3 is 2.38 bits per heavy atom. The summed E-state index contributed by atoms with van der Waals surface area (Å²) < 4.78 is 27.8. The Balaban J connectivity index is 1.96. The van der Waals surface area contributed by atoms with Crippen LogP contribution in [0, 0.1) is 13.8 Å². The van der Waals surface area contributed by atoms with E-state index >= 15 is 0 Å². The molecule has 0 atom stereocenters. The highest BCUT2D eigenvalue weighted by Gasteiger charge is 2.19. The number of sulfone groups is 1. The van der Waals surface area contributed by atoms with Gasteiger partial charge in [-0.05, 0) is 50.6 Å². The molecular weight excluding hydrogens is 368 g/mol. The number of hydrogen-bond acceptors (Lipinski definition) is 4. The summed E-state index contributed by atoms with van der Waals surface area (Å²) in [5, 5.41) is 0. The molecule has 0 saturated carbocycles. The van der Waals surface area contributed by atoms with Gasteiger partial charge in [-0.1, -0.05) is 35.1 Å². The van der Waals surface area contributed by atoms with Gasteiger partial charge in [0.1, 0.15) is 5.75 Å². The number of rotatable bonds is 4. The van der Waals surface area contributed by atoms with Crippen molar-refractivity contribution in [2.75, 3.05) is 5.75 Å². The van der Waals surface area contributed by atoms with E-state index in [2.05, 4.69) is 4.99 Å². The van der Waals surface area contributed by atoms with Crippen LogP contribution in [0.3, 0.4) is 0 Å². The molecule has 0 saturated heterocycles. The monoisotopic (exact) mass is 388 g/mol. The van der Waals surface area contributed by atoms with Crippen LogP contribution >= 0.6 is 11.3 Å². The van der Waals surface area contributed by atoms with Crippen LogP contribution in [0.15, 0.2) is 52.4 Å². The Kier molecular flexibility index (Phi) is 5.11. The van der Waals surface area contributed by atoms with Crippen LogP contribution < -0.4 is 4.80 Å². The van der Waals surface area contributed by atoms with Gasteiger partial charge >= 0.3 is 0 Å². The third-order valence-electron chi connectivity index (χ3n) is 4.07. The Morgan fingerprint density at radius 1 is 1.08 bits per heavy atom. The maximum atomic E-state index is 12.4. The predicted molar refractivity (Wildman–Crippen MR) is 104 cm³/mol. The number of benzene rings is 2. The van der Waals surface area contributed by atoms with Gasteiger partial charge in [0.25, 0.3) is 5.91 Å². The number of carbonyl (C=O) groups is 1. The van der Waals surface area contributed by atoms with E-state index in [4.69, 9.17) is 0 Å². The van der Waals surface area contributed by atoms with E-state index in [0.717, 1.165) is 21.3 Å². The summed E-state index contributed by atoms with van der Waals surface area (Å²) in [5.74, 6) is -1.29. The molecule has 0 aliphatic rings. The quantitative estimate of drug-likeness (QED) is 0.689. The molecule has 3 rings (SSSR count). The van der Waals surface area contributed by atoms with Gasteiger partial charge in [0.2, 0.25) is 0 Å². The van der Waals surface area contributed by atoms with Gasteiger partial charge in [-0.2, -0.15) is 4.99 Å². The van der Waals surface area contributed by atoms with Crippen molar-refractivity contribution in [3.8, 4) is 0 Å². The molecule has 0 fully saturated rings. The Morgan fingerprint density at radius 2 is 1.73 bits per heavy atom. The average Bonchev–Trinajstić information content (AvgIpc) is 2.90. The lowest BCUT2D eigenvalue weighted by atomic mass is 10.2. The van der Waals surface area contributed by atoms with Crippen molar-refractivity contribution in [2.45, 2.75) is 32.2 Å². The largest absolute Gasteiger partial charge is 0.317 e. The molecule has 1 amide bonds. The number of fused-ring (bicyclic) bond motifs is 1. The Hall–Kier alpha value is -2.25. The highest BCUT2D eigenvalue weighted by atomic mass is 32.2. The number of aromatic nitrogens is 1. The van der Waals surface area contributed by atoms with Crippen molar-refractivity contribution >= 4 is 37.3 Å². The molecule has 1 heterocycles. The molecule has 0 N–H and O–H groups in total. The van der Waals surface area contributed by atoms with Crippen LogP contribution in [0.25, 0.3) is 10.2 Å². The lowest BCUT2D eigenvalue weighted by Crippen LogP contribution is -2.20. The highest BCUT2D eigenvalue weighted by Crippen LogP contribution is 2.19. The summed E-state index contributed by atoms with van der Waals surface area (Å²) in [7, 11) is -3.70. The first kappa shape index (κ1) is 18.5. The van der Waals surface area contributed by atoms with Crippen molar-refractivity contribution in [2.24, 2.45) is 4.99 Å². The maximum Gasteiger partial charge on any atom is 0.263 e. The van der Waals surface area contributed by atoms with Gasteiger partial charge in [-0.15, -0.1) is 0 Å². The Bertz CT molecular complexity index is 1140. The molecule has 26 heavy (non-hydrogen) atoms. The number of amides is 1. The Labute approximate surface area is 156 Å². The standard InChI is InChI=1S/C19H20N2O3S2/c1-4-21-16-10-7-14(3)11-17(16)25-19(21)20-18(22)12-26(23,24)15-8-5-13(2)6-9-15/h5-11H,4,12H2,1-3H3. The van der Waals surface area contributed by atoms with Crippen molar-refractivity contribution in [1.82, 2.24) is 4.57 Å². The zero-order valence-electron chi connectivity index (χ0n) is 14.9. The molecule has 0 aliphatic heterocycles. The second-order valence-corrected chi connectivity index (χ2v) is 9.18. The van der Waals surface area contributed by atoms with Crippen molar-refractivity contribution in [1.29, 1.82) is 0 Å². The molecule has 0 radical (unpaired) electrons. The summed E-state index contributed by atoms with van der Waals surface area (Å²) in [6.07, 6.45) is 0. The summed E-state index contributed by atoms with van der Waals surface area (Å²) in [4.78, 5) is 17.1. The predicted octanol–water partition coefficient (Wildman–Crippen LogP) is 3.24. The fourth-order valence-corrected chi connectivity index (χ4v) is 5.02. The van der Waals surface area contributed by atoms with Gasteiger partial charge in [0.05, 0.1) is 15.1 Å². The molecule has 0 spiro atoms. The minimum Gasteiger partial charge on any atom is -0.317 e. The first-order valence-corrected chi connectivity index (χ1v) is 10.7. The number of aryl methyl sites for hydroxylation is 3. The van der Waals surface area contributed by atoms with E-state index in [-0.39, 0.29) is 4.90 Å². The number of thiazole rings is 1. The minimum absolute atomic E-state index is 0.141. The fraction of sp³-hybridized carbons (Fsp3) is 0.263. The van der Waals surface area contributed by atoms with Crippen LogP contribution in [0.1, 0.15) is 18.1 Å². The van der Waals surface area contributed by atoms with Gasteiger partial charge < -0.3 is 4.57 Å². The third kappa shape index (κ3) is 3.78. The van der Waals surface area contributed by atoms with Crippen molar-refractivity contribution in [3.05, 3.63) is 58.4 Å². The van der Waals surface area contributed by atoms with E-state index in [1.54, 1.807) is 12.1 Å². The van der Waals surface area contributed by atoms with Crippen LogP contribution in [0.4, 0.5) is 0 Å². The van der Waals surface area contributed by atoms with Crippen molar-refractivity contribution in [3.63, 3.8) is 0 Å². The van der Waals surface area contributed by atoms with E-state index in [9.17, 15) is 13.2 Å². The van der Waals surface area contributed by atoms with Crippen LogP contribution in [0.5, 0.6) is 0 Å². The number of carbonyl (C=O) groups excluding carboxylic acids is 1. The average molecular weight is 389 g/mol. The third-order valence-corrected chi connectivity index (χ3v) is 6.73. The topological polar surface area (TPSA) is 68.5 Å². The zero-order valence-corrected chi connectivity index (χ0v) is 16.5. The lowest BCUT2D eigenvalue weighted by molar-refractivity contribution is -0.115. The first-order chi connectivity index (χ1) is 12.3. The summed E-state index contributed by atoms with van der Waals surface area (Å²) in [6, 6.07) is 12.5. The second kappa shape index (κ2) is 7.17. The molecule has 0 aliphatic carbocycles. The van der Waals surface area contributed by atoms with Crippen LogP contribution in [-0.4, -0.2) is 24.6 Å². The molecule has 136 valence electrons. The summed E-state index contributed by atoms with van der Waals surface area (Å²) >= 11 is 1.40. The summed E-state index contributed by atoms with van der Waals surface area (Å²) in [6.45, 7) is 6.51. The molecule has 0 bridgehead atoms. The molecule has 0 unspecified atom stereocenters. The van der Waals surface area contributed by atoms with Gasteiger partial charge in [0.15, 0.2) is 14.6 Å². The van der Waals surface area contributed by atoms with E-state index in [1.165, 1.54) is 23.5 Å². The maximum absolute atomic E-state index is 12.4. The SMILES string of the molecule is CCn1c(=NC(=O)CS(=O)(=O)c2ccc(C)cc2)sc2cc(C)ccc21. The minimum atomic E-state index is -3.70. The molecule has 3 aromatic rings. The van der Waals surface area contributed by atoms with E-state index in [1.807, 2.05) is 43.5 Å². The normalized spacial score (nSPS) is 12.7. The lowest BCUT2D eigenvalue weighted by Gasteiger charge is -2.03. The molecule has 7 heteroatoms. The summed E-state index contributed by atoms with van der Waals surface area (Å²) in [5.41, 5.74) is 3.09. The molecule has 5 nitrogen and oxygen atoms in total. The zero-order chi connectivity index (χ0) is 18.9. The van der Waals surface area contributed by atoms with E-state index in [0.29, 0.717) is 11.3 Å². The number of nitrogens with zero attached hydrogens (tertiary/aromatic N) is 2. The van der Waals surface area contributed by atoms with Crippen LogP contribution in [0.2, 0.25) is 0 Å². The van der Waals surface area contributed by atoms with E-state index < -0.39 is 21.5 Å². The fourth-order valence-electron chi connectivity index (χ4n) is 2.70. The van der Waals surface area contributed by atoms with Crippen molar-refractivity contribution < 1.29 is 13.2 Å². The highest BCUT2D eigenvalue weighted by molar-refractivity contribution is 7.92.